The van der Waals surface area contributed by atoms with Gasteiger partial charge in [0.05, 0.1) is 0 Å². The van der Waals surface area contributed by atoms with Crippen LogP contribution in [0.25, 0.3) is 0 Å². The zero-order chi connectivity index (χ0) is 11.5. The van der Waals surface area contributed by atoms with Crippen molar-refractivity contribution < 1.29 is 0 Å². The minimum absolute atomic E-state index is 0.926. The van der Waals surface area contributed by atoms with Gasteiger partial charge in [-0.1, -0.05) is 30.7 Å². The predicted molar refractivity (Wildman–Crippen MR) is 69.6 cm³/mol. The smallest absolute Gasteiger partial charge is 0.0236 e. The van der Waals surface area contributed by atoms with Gasteiger partial charge in [-0.15, -0.1) is 0 Å². The van der Waals surface area contributed by atoms with Crippen molar-refractivity contribution in [3.05, 3.63) is 34.9 Å². The maximum absolute atomic E-state index is 2.59. The fourth-order valence-corrected chi connectivity index (χ4v) is 2.48. The zero-order valence-corrected chi connectivity index (χ0v) is 10.8. The van der Waals surface area contributed by atoms with Gasteiger partial charge in [-0.05, 0) is 56.8 Å². The van der Waals surface area contributed by atoms with Crippen LogP contribution in [0.1, 0.15) is 36.5 Å². The third-order valence-electron chi connectivity index (χ3n) is 3.77. The van der Waals surface area contributed by atoms with E-state index in [-0.39, 0.29) is 0 Å². The summed E-state index contributed by atoms with van der Waals surface area (Å²) in [5, 5.41) is 0. The monoisotopic (exact) mass is 217 g/mol. The Balaban J connectivity index is 1.98. The molecule has 0 atom stereocenters. The average molecular weight is 217 g/mol. The van der Waals surface area contributed by atoms with Crippen LogP contribution in [0, 0.1) is 19.8 Å². The molecule has 0 aromatic heterocycles. The van der Waals surface area contributed by atoms with Crippen LogP contribution in [0.2, 0.25) is 0 Å². The summed E-state index contributed by atoms with van der Waals surface area (Å²) < 4.78 is 0. The van der Waals surface area contributed by atoms with E-state index in [0.29, 0.717) is 0 Å². The van der Waals surface area contributed by atoms with Gasteiger partial charge in [-0.2, -0.15) is 0 Å². The number of hydrogen-bond acceptors (Lipinski definition) is 1. The summed E-state index contributed by atoms with van der Waals surface area (Å²) in [4.78, 5) is 2.59. The van der Waals surface area contributed by atoms with Gasteiger partial charge in [-0.3, -0.25) is 4.90 Å². The first-order valence-corrected chi connectivity index (χ1v) is 6.43. The molecule has 1 aliphatic rings. The summed E-state index contributed by atoms with van der Waals surface area (Å²) in [7, 11) is 0. The summed E-state index contributed by atoms with van der Waals surface area (Å²) >= 11 is 0. The molecule has 0 bridgehead atoms. The van der Waals surface area contributed by atoms with Crippen LogP contribution in [-0.2, 0) is 6.54 Å². The van der Waals surface area contributed by atoms with Crippen molar-refractivity contribution in [2.24, 2.45) is 5.92 Å². The maximum atomic E-state index is 2.59. The number of piperidine rings is 1. The molecule has 0 radical (unpaired) electrons. The van der Waals surface area contributed by atoms with Crippen LogP contribution in [0.15, 0.2) is 18.2 Å². The molecule has 0 aliphatic carbocycles. The van der Waals surface area contributed by atoms with Crippen molar-refractivity contribution in [3.63, 3.8) is 0 Å². The molecule has 1 aliphatic heterocycles. The van der Waals surface area contributed by atoms with Crippen molar-refractivity contribution in [2.75, 3.05) is 13.1 Å². The highest BCUT2D eigenvalue weighted by molar-refractivity contribution is 5.30. The SMILES string of the molecule is Cc1ccc(CN2CCC(C)CC2)c(C)c1. The Morgan fingerprint density at radius 1 is 1.19 bits per heavy atom. The first-order chi connectivity index (χ1) is 7.65. The molecule has 1 fully saturated rings. The van der Waals surface area contributed by atoms with E-state index < -0.39 is 0 Å². The van der Waals surface area contributed by atoms with Gasteiger partial charge in [0.1, 0.15) is 0 Å². The molecule has 1 aromatic carbocycles. The Hall–Kier alpha value is -0.820. The van der Waals surface area contributed by atoms with E-state index in [0.717, 1.165) is 12.5 Å². The lowest BCUT2D eigenvalue weighted by Crippen LogP contribution is -2.32. The molecule has 1 aromatic rings. The zero-order valence-electron chi connectivity index (χ0n) is 10.8. The molecule has 88 valence electrons. The van der Waals surface area contributed by atoms with Gasteiger partial charge in [0.15, 0.2) is 0 Å². The number of hydrogen-bond donors (Lipinski definition) is 0. The molecule has 16 heavy (non-hydrogen) atoms. The lowest BCUT2D eigenvalue weighted by molar-refractivity contribution is 0.185. The number of aryl methyl sites for hydroxylation is 2. The van der Waals surface area contributed by atoms with E-state index in [2.05, 4.69) is 43.9 Å². The van der Waals surface area contributed by atoms with Crippen molar-refractivity contribution in [1.29, 1.82) is 0 Å². The molecule has 1 nitrogen and oxygen atoms in total. The van der Waals surface area contributed by atoms with Crippen LogP contribution in [0.4, 0.5) is 0 Å². The average Bonchev–Trinajstić information content (AvgIpc) is 2.25. The van der Waals surface area contributed by atoms with Crippen molar-refractivity contribution in [3.8, 4) is 0 Å². The van der Waals surface area contributed by atoms with Crippen molar-refractivity contribution in [2.45, 2.75) is 40.2 Å². The van der Waals surface area contributed by atoms with Crippen LogP contribution >= 0.6 is 0 Å². The second-order valence-electron chi connectivity index (χ2n) is 5.39. The standard InChI is InChI=1S/C15H23N/c1-12-6-8-16(9-7-12)11-15-5-4-13(2)10-14(15)3/h4-5,10,12H,6-9,11H2,1-3H3. The number of rotatable bonds is 2. The minimum Gasteiger partial charge on any atom is -0.299 e. The number of likely N-dealkylation sites (tertiary alicyclic amines) is 1. The molecule has 0 saturated carbocycles. The van der Waals surface area contributed by atoms with Crippen molar-refractivity contribution >= 4 is 0 Å². The van der Waals surface area contributed by atoms with E-state index in [4.69, 9.17) is 0 Å². The number of nitrogens with zero attached hydrogens (tertiary/aromatic N) is 1. The molecule has 0 amide bonds. The fraction of sp³-hybridized carbons (Fsp3) is 0.600. The van der Waals surface area contributed by atoms with Crippen LogP contribution in [0.3, 0.4) is 0 Å². The Morgan fingerprint density at radius 2 is 1.88 bits per heavy atom. The molecule has 0 spiro atoms. The highest BCUT2D eigenvalue weighted by Crippen LogP contribution is 2.19. The Labute approximate surface area is 99.5 Å². The Kier molecular flexibility index (Phi) is 3.65. The molecule has 2 rings (SSSR count). The van der Waals surface area contributed by atoms with E-state index in [1.165, 1.54) is 42.6 Å². The first kappa shape index (κ1) is 11.7. The molecule has 1 heterocycles. The van der Waals surface area contributed by atoms with E-state index in [1.54, 1.807) is 0 Å². The summed E-state index contributed by atoms with van der Waals surface area (Å²) in [6, 6.07) is 6.82. The van der Waals surface area contributed by atoms with Gasteiger partial charge in [-0.25, -0.2) is 0 Å². The summed E-state index contributed by atoms with van der Waals surface area (Å²) in [5.41, 5.74) is 4.31. The lowest BCUT2D eigenvalue weighted by Gasteiger charge is -2.30. The molecule has 1 heteroatoms. The Bertz CT molecular complexity index is 348. The number of benzene rings is 1. The van der Waals surface area contributed by atoms with Gasteiger partial charge in [0.2, 0.25) is 0 Å². The largest absolute Gasteiger partial charge is 0.299 e. The minimum atomic E-state index is 0.926. The van der Waals surface area contributed by atoms with Gasteiger partial charge < -0.3 is 0 Å². The van der Waals surface area contributed by atoms with Gasteiger partial charge >= 0.3 is 0 Å². The van der Waals surface area contributed by atoms with Gasteiger partial charge in [0, 0.05) is 6.54 Å². The Morgan fingerprint density at radius 3 is 2.50 bits per heavy atom. The van der Waals surface area contributed by atoms with Gasteiger partial charge in [0.25, 0.3) is 0 Å². The summed E-state index contributed by atoms with van der Waals surface area (Å²) in [6.45, 7) is 10.4. The normalized spacial score (nSPS) is 18.9. The van der Waals surface area contributed by atoms with Crippen LogP contribution < -0.4 is 0 Å². The first-order valence-electron chi connectivity index (χ1n) is 6.43. The second kappa shape index (κ2) is 5.01. The highest BCUT2D eigenvalue weighted by atomic mass is 15.1. The van der Waals surface area contributed by atoms with Crippen LogP contribution in [0.5, 0.6) is 0 Å². The van der Waals surface area contributed by atoms with E-state index in [9.17, 15) is 0 Å². The third kappa shape index (κ3) is 2.85. The quantitative estimate of drug-likeness (QED) is 0.732. The molecule has 0 N–H and O–H groups in total. The van der Waals surface area contributed by atoms with E-state index >= 15 is 0 Å². The van der Waals surface area contributed by atoms with Crippen molar-refractivity contribution in [1.82, 2.24) is 4.90 Å². The second-order valence-corrected chi connectivity index (χ2v) is 5.39. The fourth-order valence-electron chi connectivity index (χ4n) is 2.48. The topological polar surface area (TPSA) is 3.24 Å². The molecular weight excluding hydrogens is 194 g/mol. The predicted octanol–water partition coefficient (Wildman–Crippen LogP) is 3.54. The maximum Gasteiger partial charge on any atom is 0.0236 e. The molecular formula is C15H23N. The third-order valence-corrected chi connectivity index (χ3v) is 3.77. The van der Waals surface area contributed by atoms with E-state index in [1.807, 2.05) is 0 Å². The molecule has 1 saturated heterocycles. The summed E-state index contributed by atoms with van der Waals surface area (Å²) in [6.07, 6.45) is 2.73. The lowest BCUT2D eigenvalue weighted by atomic mass is 9.98. The summed E-state index contributed by atoms with van der Waals surface area (Å²) in [5.74, 6) is 0.926. The van der Waals surface area contributed by atoms with Crippen LogP contribution in [-0.4, -0.2) is 18.0 Å². The highest BCUT2D eigenvalue weighted by Gasteiger charge is 2.16. The molecule has 0 unspecified atom stereocenters.